The van der Waals surface area contributed by atoms with E-state index in [0.29, 0.717) is 0 Å². The highest BCUT2D eigenvalue weighted by Gasteiger charge is 2.34. The van der Waals surface area contributed by atoms with Crippen LogP contribution in [0.3, 0.4) is 0 Å². The van der Waals surface area contributed by atoms with Crippen LogP contribution in [0.2, 0.25) is 17.6 Å². The van der Waals surface area contributed by atoms with Crippen molar-refractivity contribution in [3.8, 4) is 0 Å². The first-order valence-corrected chi connectivity index (χ1v) is 7.46. The van der Waals surface area contributed by atoms with Crippen LogP contribution in [0.25, 0.3) is 0 Å². The van der Waals surface area contributed by atoms with E-state index in [4.69, 9.17) is 4.43 Å². The second kappa shape index (κ2) is 5.76. The Morgan fingerprint density at radius 1 is 1.25 bits per heavy atom. The first-order valence-electron chi connectivity index (χ1n) is 5.06. The number of hydrogen-bond acceptors (Lipinski definition) is 1. The molecule has 0 rings (SSSR count). The second-order valence-electron chi connectivity index (χ2n) is 3.63. The highest BCUT2D eigenvalue weighted by Crippen LogP contribution is 2.29. The Balaban J connectivity index is 4.15. The minimum absolute atomic E-state index is 0.735. The summed E-state index contributed by atoms with van der Waals surface area (Å²) in [6, 6.07) is 2.47. The fourth-order valence-electron chi connectivity index (χ4n) is 1.71. The van der Waals surface area contributed by atoms with Crippen molar-refractivity contribution >= 4 is 8.32 Å². The Labute approximate surface area is 78.6 Å². The van der Waals surface area contributed by atoms with Crippen LogP contribution in [-0.2, 0) is 4.43 Å². The largest absolute Gasteiger partial charge is 0.417 e. The molecular formula is C10H23OSi. The summed E-state index contributed by atoms with van der Waals surface area (Å²) in [5.74, 6) is 0. The van der Waals surface area contributed by atoms with Crippen molar-refractivity contribution in [3.63, 3.8) is 0 Å². The molecule has 0 amide bonds. The lowest BCUT2D eigenvalue weighted by Gasteiger charge is -2.33. The van der Waals surface area contributed by atoms with E-state index in [0.717, 1.165) is 18.6 Å². The molecule has 0 aromatic rings. The van der Waals surface area contributed by atoms with Crippen LogP contribution in [0, 0.1) is 6.92 Å². The average molecular weight is 187 g/mol. The molecule has 0 fully saturated rings. The SMILES string of the molecule is [CH2]CCO[Si](CC)(CC)C(C)C. The fraction of sp³-hybridized carbons (Fsp3) is 0.900. The lowest BCUT2D eigenvalue weighted by Crippen LogP contribution is -2.40. The predicted octanol–water partition coefficient (Wildman–Crippen LogP) is 3.62. The summed E-state index contributed by atoms with van der Waals surface area (Å²) in [4.78, 5) is 0. The summed E-state index contributed by atoms with van der Waals surface area (Å²) in [6.45, 7) is 13.8. The Morgan fingerprint density at radius 3 is 2.00 bits per heavy atom. The van der Waals surface area contributed by atoms with E-state index in [1.807, 2.05) is 0 Å². The van der Waals surface area contributed by atoms with Crippen molar-refractivity contribution in [2.75, 3.05) is 6.61 Å². The van der Waals surface area contributed by atoms with Gasteiger partial charge in [-0.2, -0.15) is 0 Å². The van der Waals surface area contributed by atoms with Crippen LogP contribution in [0.4, 0.5) is 0 Å². The molecule has 0 aliphatic heterocycles. The van der Waals surface area contributed by atoms with Gasteiger partial charge < -0.3 is 4.43 Å². The molecule has 0 aliphatic rings. The van der Waals surface area contributed by atoms with Gasteiger partial charge in [0, 0.05) is 6.61 Å². The summed E-state index contributed by atoms with van der Waals surface area (Å²) >= 11 is 0. The third kappa shape index (κ3) is 2.90. The van der Waals surface area contributed by atoms with Gasteiger partial charge in [-0.3, -0.25) is 0 Å². The van der Waals surface area contributed by atoms with Gasteiger partial charge >= 0.3 is 0 Å². The van der Waals surface area contributed by atoms with Crippen molar-refractivity contribution in [3.05, 3.63) is 6.92 Å². The van der Waals surface area contributed by atoms with Crippen LogP contribution >= 0.6 is 0 Å². The van der Waals surface area contributed by atoms with Crippen molar-refractivity contribution in [1.29, 1.82) is 0 Å². The predicted molar refractivity (Wildman–Crippen MR) is 57.7 cm³/mol. The molecule has 0 saturated carbocycles. The molecule has 0 aromatic heterocycles. The van der Waals surface area contributed by atoms with Crippen molar-refractivity contribution in [2.24, 2.45) is 0 Å². The van der Waals surface area contributed by atoms with Crippen molar-refractivity contribution in [2.45, 2.75) is 51.7 Å². The lowest BCUT2D eigenvalue weighted by atomic mass is 10.5. The van der Waals surface area contributed by atoms with Gasteiger partial charge in [-0.15, -0.1) is 0 Å². The van der Waals surface area contributed by atoms with Gasteiger partial charge in [0.15, 0.2) is 8.32 Å². The molecule has 0 heterocycles. The second-order valence-corrected chi connectivity index (χ2v) is 8.62. The standard InChI is InChI=1S/C10H23OSi/c1-6-9-11-12(7-2,8-3)10(4)5/h10H,1,6-9H2,2-5H3. The Hall–Kier alpha value is 0.177. The van der Waals surface area contributed by atoms with E-state index < -0.39 is 8.32 Å². The van der Waals surface area contributed by atoms with Gasteiger partial charge in [0.05, 0.1) is 0 Å². The van der Waals surface area contributed by atoms with E-state index in [2.05, 4.69) is 34.6 Å². The molecule has 0 spiro atoms. The third-order valence-electron chi connectivity index (χ3n) is 2.78. The molecule has 0 bridgehead atoms. The first kappa shape index (κ1) is 12.2. The Kier molecular flexibility index (Phi) is 5.84. The van der Waals surface area contributed by atoms with Crippen LogP contribution in [0.5, 0.6) is 0 Å². The number of rotatable bonds is 6. The van der Waals surface area contributed by atoms with E-state index in [-0.39, 0.29) is 0 Å². The minimum atomic E-state index is -1.38. The zero-order valence-corrected chi connectivity index (χ0v) is 10.0. The molecule has 0 aromatic carbocycles. The molecule has 0 saturated heterocycles. The van der Waals surface area contributed by atoms with E-state index in [1.54, 1.807) is 0 Å². The van der Waals surface area contributed by atoms with Crippen LogP contribution < -0.4 is 0 Å². The average Bonchev–Trinajstić information content (AvgIpc) is 2.07. The molecule has 1 radical (unpaired) electrons. The summed E-state index contributed by atoms with van der Waals surface area (Å²) in [7, 11) is -1.38. The molecule has 2 heteroatoms. The molecule has 0 aliphatic carbocycles. The lowest BCUT2D eigenvalue weighted by molar-refractivity contribution is 0.298. The molecule has 12 heavy (non-hydrogen) atoms. The summed E-state index contributed by atoms with van der Waals surface area (Å²) in [6.07, 6.45) is 0.904. The Morgan fingerprint density at radius 2 is 1.75 bits per heavy atom. The van der Waals surface area contributed by atoms with Gasteiger partial charge in [-0.1, -0.05) is 34.6 Å². The quantitative estimate of drug-likeness (QED) is 0.577. The molecule has 0 N–H and O–H groups in total. The third-order valence-corrected chi connectivity index (χ3v) is 8.06. The van der Waals surface area contributed by atoms with Gasteiger partial charge in [0.2, 0.25) is 0 Å². The molecule has 0 atom stereocenters. The zero-order valence-electron chi connectivity index (χ0n) is 9.02. The molecule has 1 nitrogen and oxygen atoms in total. The van der Waals surface area contributed by atoms with Crippen molar-refractivity contribution in [1.82, 2.24) is 0 Å². The summed E-state index contributed by atoms with van der Waals surface area (Å²) in [5, 5.41) is 0. The molecular weight excluding hydrogens is 164 g/mol. The summed E-state index contributed by atoms with van der Waals surface area (Å²) in [5.41, 5.74) is 0.735. The van der Waals surface area contributed by atoms with Crippen LogP contribution in [0.1, 0.15) is 34.1 Å². The topological polar surface area (TPSA) is 9.23 Å². The van der Waals surface area contributed by atoms with Crippen LogP contribution in [0.15, 0.2) is 0 Å². The smallest absolute Gasteiger partial charge is 0.194 e. The normalized spacial score (nSPS) is 12.5. The van der Waals surface area contributed by atoms with E-state index in [1.165, 1.54) is 12.1 Å². The minimum Gasteiger partial charge on any atom is -0.417 e. The highest BCUT2D eigenvalue weighted by molar-refractivity contribution is 6.74. The fourth-order valence-corrected chi connectivity index (χ4v) is 5.14. The molecule has 73 valence electrons. The maximum atomic E-state index is 6.02. The Bertz CT molecular complexity index is 108. The highest BCUT2D eigenvalue weighted by atomic mass is 28.4. The number of hydrogen-bond donors (Lipinski definition) is 0. The van der Waals surface area contributed by atoms with Gasteiger partial charge in [0.25, 0.3) is 0 Å². The van der Waals surface area contributed by atoms with E-state index >= 15 is 0 Å². The summed E-state index contributed by atoms with van der Waals surface area (Å²) < 4.78 is 6.02. The maximum Gasteiger partial charge on any atom is 0.194 e. The zero-order chi connectivity index (χ0) is 9.61. The van der Waals surface area contributed by atoms with Gasteiger partial charge in [-0.05, 0) is 24.1 Å². The van der Waals surface area contributed by atoms with Crippen molar-refractivity contribution < 1.29 is 4.43 Å². The van der Waals surface area contributed by atoms with E-state index in [9.17, 15) is 0 Å². The maximum absolute atomic E-state index is 6.02. The van der Waals surface area contributed by atoms with Gasteiger partial charge in [0.1, 0.15) is 0 Å². The van der Waals surface area contributed by atoms with Gasteiger partial charge in [-0.25, -0.2) is 0 Å². The first-order chi connectivity index (χ1) is 5.63. The molecule has 0 unspecified atom stereocenters. The monoisotopic (exact) mass is 187 g/mol. The van der Waals surface area contributed by atoms with Crippen LogP contribution in [-0.4, -0.2) is 14.9 Å².